The van der Waals surface area contributed by atoms with Gasteiger partial charge in [0.1, 0.15) is 0 Å². The van der Waals surface area contributed by atoms with E-state index in [1.807, 2.05) is 0 Å². The first-order valence-corrected chi connectivity index (χ1v) is 4.20. The van der Waals surface area contributed by atoms with Gasteiger partial charge in [-0.3, -0.25) is 0 Å². The van der Waals surface area contributed by atoms with Gasteiger partial charge >= 0.3 is 0 Å². The first-order chi connectivity index (χ1) is 4.97. The second kappa shape index (κ2) is 2.89. The SMILES string of the molecule is C1COC2OCCCC2C1. The Balaban J connectivity index is 1.93. The zero-order chi connectivity index (χ0) is 6.81. The van der Waals surface area contributed by atoms with E-state index in [1.54, 1.807) is 0 Å². The van der Waals surface area contributed by atoms with Crippen LogP contribution in [0.4, 0.5) is 0 Å². The van der Waals surface area contributed by atoms with Gasteiger partial charge in [0.25, 0.3) is 0 Å². The zero-order valence-corrected chi connectivity index (χ0v) is 6.21. The Hall–Kier alpha value is -0.0800. The van der Waals surface area contributed by atoms with Gasteiger partial charge in [-0.2, -0.15) is 0 Å². The van der Waals surface area contributed by atoms with Crippen molar-refractivity contribution in [2.75, 3.05) is 13.2 Å². The van der Waals surface area contributed by atoms with Crippen LogP contribution in [0.5, 0.6) is 0 Å². The highest BCUT2D eigenvalue weighted by molar-refractivity contribution is 4.71. The Morgan fingerprint density at radius 3 is 2.00 bits per heavy atom. The lowest BCUT2D eigenvalue weighted by Gasteiger charge is -2.34. The lowest BCUT2D eigenvalue weighted by atomic mass is 9.94. The largest absolute Gasteiger partial charge is 0.352 e. The Morgan fingerprint density at radius 2 is 1.50 bits per heavy atom. The molecule has 2 fully saturated rings. The summed E-state index contributed by atoms with van der Waals surface area (Å²) in [7, 11) is 0. The monoisotopic (exact) mass is 142 g/mol. The Bertz CT molecular complexity index is 87.8. The smallest absolute Gasteiger partial charge is 0.160 e. The van der Waals surface area contributed by atoms with Crippen LogP contribution in [0, 0.1) is 5.92 Å². The summed E-state index contributed by atoms with van der Waals surface area (Å²) in [6.45, 7) is 1.81. The van der Waals surface area contributed by atoms with Gasteiger partial charge in [0.05, 0.1) is 0 Å². The molecule has 0 spiro atoms. The maximum Gasteiger partial charge on any atom is 0.160 e. The molecule has 0 atom stereocenters. The molecule has 0 unspecified atom stereocenters. The summed E-state index contributed by atoms with van der Waals surface area (Å²) in [6.07, 6.45) is 5.23. The fraction of sp³-hybridized carbons (Fsp3) is 1.00. The van der Waals surface area contributed by atoms with E-state index < -0.39 is 0 Å². The summed E-state index contributed by atoms with van der Waals surface area (Å²) >= 11 is 0. The first-order valence-electron chi connectivity index (χ1n) is 4.20. The third-order valence-electron chi connectivity index (χ3n) is 2.39. The van der Waals surface area contributed by atoms with Gasteiger partial charge in [-0.1, -0.05) is 0 Å². The van der Waals surface area contributed by atoms with E-state index in [0.717, 1.165) is 13.2 Å². The Morgan fingerprint density at radius 1 is 0.900 bits per heavy atom. The molecule has 2 aliphatic heterocycles. The second-order valence-corrected chi connectivity index (χ2v) is 3.15. The molecule has 0 radical (unpaired) electrons. The third kappa shape index (κ3) is 1.18. The number of hydrogen-bond donors (Lipinski definition) is 0. The molecule has 2 aliphatic rings. The number of ether oxygens (including phenoxy) is 2. The summed E-state index contributed by atoms with van der Waals surface area (Å²) in [5.74, 6) is 0.711. The maximum atomic E-state index is 5.46. The molecule has 0 N–H and O–H groups in total. The van der Waals surface area contributed by atoms with Crippen LogP contribution in [0.15, 0.2) is 0 Å². The van der Waals surface area contributed by atoms with Crippen molar-refractivity contribution in [2.45, 2.75) is 32.0 Å². The standard InChI is InChI=1S/C8H14O2/c1-3-7-4-2-6-10-8(7)9-5-1/h7-8H,1-6H2. The van der Waals surface area contributed by atoms with Crippen molar-refractivity contribution in [1.29, 1.82) is 0 Å². The summed E-state index contributed by atoms with van der Waals surface area (Å²) in [6, 6.07) is 0. The predicted molar refractivity (Wildman–Crippen MR) is 37.6 cm³/mol. The molecule has 2 nitrogen and oxygen atoms in total. The minimum atomic E-state index is 0.155. The van der Waals surface area contributed by atoms with Crippen LogP contribution in [-0.2, 0) is 9.47 Å². The Kier molecular flexibility index (Phi) is 1.91. The van der Waals surface area contributed by atoms with E-state index in [-0.39, 0.29) is 6.29 Å². The van der Waals surface area contributed by atoms with E-state index in [9.17, 15) is 0 Å². The van der Waals surface area contributed by atoms with Gasteiger partial charge in [0, 0.05) is 19.1 Å². The molecule has 2 heterocycles. The molecule has 0 aromatic rings. The van der Waals surface area contributed by atoms with Crippen LogP contribution >= 0.6 is 0 Å². The summed E-state index contributed by atoms with van der Waals surface area (Å²) in [5.41, 5.74) is 0. The molecule has 10 heavy (non-hydrogen) atoms. The van der Waals surface area contributed by atoms with Crippen molar-refractivity contribution in [3.63, 3.8) is 0 Å². The molecular formula is C8H14O2. The van der Waals surface area contributed by atoms with Crippen LogP contribution in [0.25, 0.3) is 0 Å². The molecule has 2 rings (SSSR count). The van der Waals surface area contributed by atoms with Crippen molar-refractivity contribution < 1.29 is 9.47 Å². The van der Waals surface area contributed by atoms with Crippen LogP contribution < -0.4 is 0 Å². The van der Waals surface area contributed by atoms with E-state index in [0.29, 0.717) is 5.92 Å². The first kappa shape index (κ1) is 6.62. The molecule has 0 aromatic heterocycles. The fourth-order valence-corrected chi connectivity index (χ4v) is 1.83. The number of rotatable bonds is 0. The van der Waals surface area contributed by atoms with Crippen molar-refractivity contribution in [1.82, 2.24) is 0 Å². The van der Waals surface area contributed by atoms with Crippen molar-refractivity contribution in [3.8, 4) is 0 Å². The van der Waals surface area contributed by atoms with Crippen molar-refractivity contribution >= 4 is 0 Å². The second-order valence-electron chi connectivity index (χ2n) is 3.15. The lowest BCUT2D eigenvalue weighted by Crippen LogP contribution is -2.35. The molecule has 58 valence electrons. The molecular weight excluding hydrogens is 128 g/mol. The lowest BCUT2D eigenvalue weighted by molar-refractivity contribution is -0.212. The molecule has 0 bridgehead atoms. The summed E-state index contributed by atoms with van der Waals surface area (Å²) < 4.78 is 10.9. The van der Waals surface area contributed by atoms with Crippen molar-refractivity contribution in [3.05, 3.63) is 0 Å². The quantitative estimate of drug-likeness (QED) is 0.511. The van der Waals surface area contributed by atoms with Crippen LogP contribution in [0.1, 0.15) is 25.7 Å². The average Bonchev–Trinajstić information content (AvgIpc) is 2.05. The van der Waals surface area contributed by atoms with E-state index >= 15 is 0 Å². The van der Waals surface area contributed by atoms with Crippen LogP contribution in [-0.4, -0.2) is 19.5 Å². The molecule has 0 aromatic carbocycles. The van der Waals surface area contributed by atoms with E-state index in [2.05, 4.69) is 0 Å². The van der Waals surface area contributed by atoms with E-state index in [4.69, 9.17) is 9.47 Å². The molecule has 2 heteroatoms. The van der Waals surface area contributed by atoms with Crippen LogP contribution in [0.3, 0.4) is 0 Å². The maximum absolute atomic E-state index is 5.46. The minimum Gasteiger partial charge on any atom is -0.352 e. The number of hydrogen-bond acceptors (Lipinski definition) is 2. The normalized spacial score (nSPS) is 40.8. The van der Waals surface area contributed by atoms with Crippen LogP contribution in [0.2, 0.25) is 0 Å². The highest BCUT2D eigenvalue weighted by Crippen LogP contribution is 2.29. The van der Waals surface area contributed by atoms with E-state index in [1.165, 1.54) is 25.7 Å². The zero-order valence-electron chi connectivity index (χ0n) is 6.21. The van der Waals surface area contributed by atoms with Gasteiger partial charge in [-0.25, -0.2) is 0 Å². The molecule has 2 saturated heterocycles. The van der Waals surface area contributed by atoms with Gasteiger partial charge < -0.3 is 9.47 Å². The van der Waals surface area contributed by atoms with Gasteiger partial charge in [0.15, 0.2) is 6.29 Å². The number of fused-ring (bicyclic) bond motifs is 1. The molecule has 0 aliphatic carbocycles. The summed E-state index contributed by atoms with van der Waals surface area (Å²) in [4.78, 5) is 0. The topological polar surface area (TPSA) is 18.5 Å². The molecule has 0 amide bonds. The Labute approximate surface area is 61.5 Å². The predicted octanol–water partition coefficient (Wildman–Crippen LogP) is 1.55. The summed E-state index contributed by atoms with van der Waals surface area (Å²) in [5, 5.41) is 0. The van der Waals surface area contributed by atoms with Gasteiger partial charge in [-0.05, 0) is 25.7 Å². The molecule has 0 saturated carbocycles. The third-order valence-corrected chi connectivity index (χ3v) is 2.39. The van der Waals surface area contributed by atoms with Crippen molar-refractivity contribution in [2.24, 2.45) is 5.92 Å². The van der Waals surface area contributed by atoms with Gasteiger partial charge in [-0.15, -0.1) is 0 Å². The highest BCUT2D eigenvalue weighted by atomic mass is 16.7. The fourth-order valence-electron chi connectivity index (χ4n) is 1.83. The minimum absolute atomic E-state index is 0.155. The highest BCUT2D eigenvalue weighted by Gasteiger charge is 2.28. The average molecular weight is 142 g/mol. The van der Waals surface area contributed by atoms with Gasteiger partial charge in [0.2, 0.25) is 0 Å².